The minimum Gasteiger partial charge on any atom is -0.759 e. The molecule has 2 aromatic rings. The van der Waals surface area contributed by atoms with Crippen LogP contribution in [0.5, 0.6) is 0 Å². The smallest absolute Gasteiger partial charge is 0.0701 e. The van der Waals surface area contributed by atoms with Crippen molar-refractivity contribution in [2.75, 3.05) is 0 Å². The number of hydrogen-bond donors (Lipinski definition) is 1. The molecule has 0 radical (unpaired) electrons. The molecule has 17 heavy (non-hydrogen) atoms. The van der Waals surface area contributed by atoms with Crippen molar-refractivity contribution in [2.24, 2.45) is 0 Å². The van der Waals surface area contributed by atoms with E-state index in [0.29, 0.717) is 0 Å². The summed E-state index contributed by atoms with van der Waals surface area (Å²) in [6.07, 6.45) is 1.81. The van der Waals surface area contributed by atoms with Gasteiger partial charge in [-0.15, -0.1) is 0 Å². The Morgan fingerprint density at radius 3 is 2.00 bits per heavy atom. The fourth-order valence-electron chi connectivity index (χ4n) is 1.02. The second kappa shape index (κ2) is 8.13. The van der Waals surface area contributed by atoms with Crippen molar-refractivity contribution in [1.82, 2.24) is 11.1 Å². The van der Waals surface area contributed by atoms with Gasteiger partial charge < -0.3 is 15.3 Å². The molecule has 0 bridgehead atoms. The Balaban J connectivity index is 0. The van der Waals surface area contributed by atoms with Gasteiger partial charge in [0.25, 0.3) is 0 Å². The van der Waals surface area contributed by atoms with Crippen molar-refractivity contribution in [3.63, 3.8) is 0 Å². The van der Waals surface area contributed by atoms with Crippen LogP contribution in [-0.4, -0.2) is 22.5 Å². The van der Waals surface area contributed by atoms with E-state index in [0.717, 1.165) is 5.52 Å². The molecular weight excluding hydrogens is 288 g/mol. The molecule has 4 N–H and O–H groups in total. The van der Waals surface area contributed by atoms with E-state index < -0.39 is 10.4 Å². The van der Waals surface area contributed by atoms with E-state index in [1.807, 2.05) is 30.5 Å². The van der Waals surface area contributed by atoms with Crippen LogP contribution in [0.2, 0.25) is 0 Å². The zero-order valence-corrected chi connectivity index (χ0v) is 10.8. The molecule has 1 aromatic heterocycles. The van der Waals surface area contributed by atoms with Gasteiger partial charge in [-0.3, -0.25) is 13.4 Å². The summed E-state index contributed by atoms with van der Waals surface area (Å²) in [5.74, 6) is 0. The van der Waals surface area contributed by atoms with Crippen LogP contribution in [-0.2, 0) is 27.5 Å². The molecule has 2 rings (SSSR count). The van der Waals surface area contributed by atoms with Gasteiger partial charge in [-0.25, -0.2) is 0 Å². The Morgan fingerprint density at radius 2 is 1.47 bits per heavy atom. The minimum absolute atomic E-state index is 0. The molecule has 1 heterocycles. The Morgan fingerprint density at radius 1 is 1.00 bits per heavy atom. The Bertz CT molecular complexity index is 474. The van der Waals surface area contributed by atoms with E-state index in [2.05, 4.69) is 17.1 Å². The maximum absolute atomic E-state index is 8.52. The fraction of sp³-hybridized carbons (Fsp3) is 0. The number of pyridine rings is 1. The van der Waals surface area contributed by atoms with Crippen LogP contribution in [0, 0.1) is 0 Å². The number of aromatic nitrogens is 1. The molecule has 8 heteroatoms. The van der Waals surface area contributed by atoms with Crippen LogP contribution in [0.4, 0.5) is 0 Å². The monoisotopic (exact) mass is 299 g/mol. The average molecular weight is 299 g/mol. The van der Waals surface area contributed by atoms with Crippen LogP contribution in [0.15, 0.2) is 42.6 Å². The van der Waals surface area contributed by atoms with E-state index in [1.54, 1.807) is 0 Å². The van der Waals surface area contributed by atoms with Crippen molar-refractivity contribution < 1.29 is 34.6 Å². The van der Waals surface area contributed by atoms with Crippen molar-refractivity contribution in [3.8, 4) is 0 Å². The van der Waals surface area contributed by atoms with E-state index >= 15 is 0 Å². The summed E-state index contributed by atoms with van der Waals surface area (Å²) >= 11 is 0. The molecule has 0 atom stereocenters. The van der Waals surface area contributed by atoms with Gasteiger partial charge in [0.2, 0.25) is 0 Å². The minimum atomic E-state index is -5.17. The van der Waals surface area contributed by atoms with Gasteiger partial charge in [-0.2, -0.15) is 0 Å². The third-order valence-electron chi connectivity index (χ3n) is 1.51. The molecule has 0 amide bonds. The first kappa shape index (κ1) is 18.3. The third-order valence-corrected chi connectivity index (χ3v) is 1.51. The second-order valence-corrected chi connectivity index (χ2v) is 3.42. The normalized spacial score (nSPS) is 9.29. The van der Waals surface area contributed by atoms with Gasteiger partial charge in [-0.05, 0) is 12.1 Å². The predicted octanol–water partition coefficient (Wildman–Crippen LogP) is 1.27. The maximum atomic E-state index is 8.52. The average Bonchev–Trinajstić information content (AvgIpc) is 2.16. The summed E-state index contributed by atoms with van der Waals surface area (Å²) in [4.78, 5) is 4.18. The molecule has 0 fully saturated rings. The summed E-state index contributed by atoms with van der Waals surface area (Å²) in [5.41, 5.74) is 1.06. The van der Waals surface area contributed by atoms with E-state index in [-0.39, 0.29) is 23.2 Å². The van der Waals surface area contributed by atoms with Gasteiger partial charge in [0.1, 0.15) is 0 Å². The number of rotatable bonds is 0. The number of nitrogens with zero attached hydrogens (tertiary/aromatic N) is 1. The van der Waals surface area contributed by atoms with Crippen LogP contribution in [0.25, 0.3) is 10.9 Å². The van der Waals surface area contributed by atoms with Gasteiger partial charge in [0, 0.05) is 39.1 Å². The second-order valence-electron chi connectivity index (χ2n) is 2.60. The largest absolute Gasteiger partial charge is 0.759 e. The Hall–Kier alpha value is -1.02. The predicted molar refractivity (Wildman–Crippen MR) is 58.2 cm³/mol. The molecule has 0 aliphatic heterocycles. The number of hydrogen-bond acceptors (Lipinski definition) is 5. The van der Waals surface area contributed by atoms with Crippen molar-refractivity contribution >= 4 is 21.3 Å². The van der Waals surface area contributed by atoms with Crippen LogP contribution >= 0.6 is 0 Å². The summed E-state index contributed by atoms with van der Waals surface area (Å²) in [6, 6.07) is 12.1. The fourth-order valence-corrected chi connectivity index (χ4v) is 1.02. The Labute approximate surface area is 110 Å². The van der Waals surface area contributed by atoms with Crippen molar-refractivity contribution in [3.05, 3.63) is 42.6 Å². The van der Waals surface area contributed by atoms with Crippen LogP contribution in [0.3, 0.4) is 0 Å². The van der Waals surface area contributed by atoms with Crippen molar-refractivity contribution in [2.45, 2.75) is 0 Å². The number of fused-ring (bicyclic) bond motifs is 1. The molecule has 0 saturated carbocycles. The van der Waals surface area contributed by atoms with Crippen LogP contribution < -0.4 is 6.15 Å². The molecule has 0 spiro atoms. The van der Waals surface area contributed by atoms with Gasteiger partial charge >= 0.3 is 0 Å². The van der Waals surface area contributed by atoms with Gasteiger partial charge in [-0.1, -0.05) is 24.3 Å². The van der Waals surface area contributed by atoms with Gasteiger partial charge in [0.15, 0.2) is 0 Å². The third kappa shape index (κ3) is 8.75. The number of para-hydroxylation sites is 1. The summed E-state index contributed by atoms with van der Waals surface area (Å²) in [5, 5.41) is 1.20. The topological polar surface area (TPSA) is 130 Å². The van der Waals surface area contributed by atoms with E-state index in [1.165, 1.54) is 5.39 Å². The molecule has 1 aromatic carbocycles. The Kier molecular flexibility index (Phi) is 8.77. The zero-order valence-electron chi connectivity index (χ0n) is 8.88. The molecule has 6 nitrogen and oxygen atoms in total. The standard InChI is InChI=1S/C9H7N.Fe.H3N.H2O4S/c1-2-6-9-8(4-1)5-3-7-10-9;;;1-5(2,3)4/h1-7H;;1H3;(H2,1,2,3,4)/p-1. The first-order valence-electron chi connectivity index (χ1n) is 3.93. The SMILES string of the molecule is O=S(=O)([O-])[O-].[Fe].[NH4+].c1ccc2ncccc2c1. The number of benzene rings is 1. The maximum Gasteiger partial charge on any atom is 0.0701 e. The summed E-state index contributed by atoms with van der Waals surface area (Å²) in [6.45, 7) is 0. The number of quaternary nitrogens is 1. The molecule has 96 valence electrons. The molecule has 0 aliphatic carbocycles. The summed E-state index contributed by atoms with van der Waals surface area (Å²) < 4.78 is 34.1. The first-order valence-corrected chi connectivity index (χ1v) is 5.26. The summed E-state index contributed by atoms with van der Waals surface area (Å²) in [7, 11) is -5.17. The van der Waals surface area contributed by atoms with Crippen molar-refractivity contribution in [1.29, 1.82) is 0 Å². The molecule has 0 aliphatic rings. The van der Waals surface area contributed by atoms with E-state index in [4.69, 9.17) is 17.5 Å². The first-order chi connectivity index (χ1) is 6.97. The van der Waals surface area contributed by atoms with Gasteiger partial charge in [0.05, 0.1) is 5.52 Å². The molecular formula is C9H11FeN2O4S-. The zero-order chi connectivity index (χ0) is 11.3. The quantitative estimate of drug-likeness (QED) is 0.444. The molecule has 0 saturated heterocycles. The van der Waals surface area contributed by atoms with Crippen LogP contribution in [0.1, 0.15) is 0 Å². The molecule has 0 unspecified atom stereocenters. The van der Waals surface area contributed by atoms with E-state index in [9.17, 15) is 0 Å².